The second kappa shape index (κ2) is 9.76. The van der Waals surface area contributed by atoms with Gasteiger partial charge in [-0.1, -0.05) is 36.4 Å². The lowest BCUT2D eigenvalue weighted by Gasteiger charge is -2.12. The summed E-state index contributed by atoms with van der Waals surface area (Å²) in [6.07, 6.45) is 4.55. The van der Waals surface area contributed by atoms with Crippen LogP contribution in [0.15, 0.2) is 84.5 Å². The largest absolute Gasteiger partial charge is 0.493 e. The third-order valence-electron chi connectivity index (χ3n) is 5.19. The van der Waals surface area contributed by atoms with Crippen LogP contribution in [0, 0.1) is 0 Å². The summed E-state index contributed by atoms with van der Waals surface area (Å²) in [7, 11) is 1.58. The van der Waals surface area contributed by atoms with Crippen LogP contribution in [0.5, 0.6) is 11.5 Å². The van der Waals surface area contributed by atoms with Crippen molar-refractivity contribution >= 4 is 28.6 Å². The Hall–Kier alpha value is -4.17. The average molecular weight is 471 g/mol. The molecular weight excluding hydrogens is 448 g/mol. The standard InChI is InChI=1S/C26H22N4O3S/c1-32-22-11-10-19(14-23(22)33-16-20-15-30-12-6-5-9-24(30)27-20)28-26(31)21-17-34-25(29-21)13-18-7-3-2-4-8-18/h2-12,14-15,17H,13,16H2,1H3,(H,28,31). The van der Waals surface area contributed by atoms with E-state index in [2.05, 4.69) is 15.3 Å². The molecule has 5 rings (SSSR count). The number of amides is 1. The number of nitrogens with one attached hydrogen (secondary N) is 1. The Bertz CT molecular complexity index is 1400. The molecule has 0 atom stereocenters. The van der Waals surface area contributed by atoms with Crippen LogP contribution >= 0.6 is 11.3 Å². The molecule has 0 aliphatic rings. The molecule has 0 aliphatic heterocycles. The number of benzene rings is 2. The minimum atomic E-state index is -0.271. The van der Waals surface area contributed by atoms with Crippen LogP contribution in [0.4, 0.5) is 5.69 Å². The Balaban J connectivity index is 1.26. The van der Waals surface area contributed by atoms with Gasteiger partial charge in [0.2, 0.25) is 0 Å². The number of fused-ring (bicyclic) bond motifs is 1. The number of ether oxygens (including phenoxy) is 2. The fourth-order valence-electron chi connectivity index (χ4n) is 3.54. The number of rotatable bonds is 8. The van der Waals surface area contributed by atoms with Crippen molar-refractivity contribution in [2.75, 3.05) is 12.4 Å². The number of hydrogen-bond donors (Lipinski definition) is 1. The van der Waals surface area contributed by atoms with Gasteiger partial charge in [0, 0.05) is 35.9 Å². The highest BCUT2D eigenvalue weighted by Crippen LogP contribution is 2.31. The summed E-state index contributed by atoms with van der Waals surface area (Å²) in [6.45, 7) is 0.268. The van der Waals surface area contributed by atoms with Crippen LogP contribution in [-0.2, 0) is 13.0 Å². The van der Waals surface area contributed by atoms with E-state index in [9.17, 15) is 4.79 Å². The van der Waals surface area contributed by atoms with Gasteiger partial charge in [0.15, 0.2) is 11.5 Å². The number of pyridine rings is 1. The van der Waals surface area contributed by atoms with Gasteiger partial charge < -0.3 is 19.2 Å². The molecule has 0 saturated heterocycles. The van der Waals surface area contributed by atoms with Crippen molar-refractivity contribution in [3.63, 3.8) is 0 Å². The van der Waals surface area contributed by atoms with Crippen molar-refractivity contribution in [2.24, 2.45) is 0 Å². The molecule has 0 fully saturated rings. The summed E-state index contributed by atoms with van der Waals surface area (Å²) in [4.78, 5) is 21.8. The maximum Gasteiger partial charge on any atom is 0.275 e. The number of carbonyl (C=O) groups is 1. The average Bonchev–Trinajstić information content (AvgIpc) is 3.50. The fraction of sp³-hybridized carbons (Fsp3) is 0.115. The monoisotopic (exact) mass is 470 g/mol. The number of nitrogens with zero attached hydrogens (tertiary/aromatic N) is 3. The van der Waals surface area contributed by atoms with Gasteiger partial charge in [0.25, 0.3) is 5.91 Å². The van der Waals surface area contributed by atoms with E-state index in [0.717, 1.165) is 21.9 Å². The first-order valence-electron chi connectivity index (χ1n) is 10.7. The molecule has 0 radical (unpaired) electrons. The van der Waals surface area contributed by atoms with Crippen LogP contribution < -0.4 is 14.8 Å². The van der Waals surface area contributed by atoms with Gasteiger partial charge >= 0.3 is 0 Å². The summed E-state index contributed by atoms with van der Waals surface area (Å²) in [6, 6.07) is 21.2. The number of thiazole rings is 1. The highest BCUT2D eigenvalue weighted by atomic mass is 32.1. The number of carbonyl (C=O) groups excluding carboxylic acids is 1. The van der Waals surface area contributed by atoms with Crippen LogP contribution in [0.1, 0.15) is 26.8 Å². The van der Waals surface area contributed by atoms with E-state index in [0.29, 0.717) is 29.3 Å². The summed E-state index contributed by atoms with van der Waals surface area (Å²) >= 11 is 1.47. The Kier molecular flexibility index (Phi) is 6.22. The number of anilines is 1. The van der Waals surface area contributed by atoms with E-state index in [1.54, 1.807) is 30.7 Å². The highest BCUT2D eigenvalue weighted by Gasteiger charge is 2.14. The van der Waals surface area contributed by atoms with Crippen molar-refractivity contribution < 1.29 is 14.3 Å². The van der Waals surface area contributed by atoms with Gasteiger partial charge in [-0.05, 0) is 29.8 Å². The van der Waals surface area contributed by atoms with Gasteiger partial charge in [-0.2, -0.15) is 0 Å². The maximum atomic E-state index is 12.8. The van der Waals surface area contributed by atoms with Gasteiger partial charge in [-0.15, -0.1) is 11.3 Å². The molecule has 3 heterocycles. The topological polar surface area (TPSA) is 77.8 Å². The normalized spacial score (nSPS) is 10.9. The lowest BCUT2D eigenvalue weighted by Crippen LogP contribution is -2.12. The molecule has 0 spiro atoms. The third kappa shape index (κ3) is 4.92. The van der Waals surface area contributed by atoms with E-state index in [4.69, 9.17) is 9.47 Å². The summed E-state index contributed by atoms with van der Waals surface area (Å²) in [5.41, 5.74) is 3.78. The Morgan fingerprint density at radius 1 is 1.03 bits per heavy atom. The third-order valence-corrected chi connectivity index (χ3v) is 6.04. The molecule has 0 aliphatic carbocycles. The SMILES string of the molecule is COc1ccc(NC(=O)c2csc(Cc3ccccc3)n2)cc1OCc1cn2ccccc2n1. The van der Waals surface area contributed by atoms with Crippen molar-refractivity contribution in [3.05, 3.63) is 106 Å². The fourth-order valence-corrected chi connectivity index (χ4v) is 4.35. The molecule has 1 N–H and O–H groups in total. The minimum absolute atomic E-state index is 0.268. The van der Waals surface area contributed by atoms with E-state index >= 15 is 0 Å². The van der Waals surface area contributed by atoms with Crippen molar-refractivity contribution in [2.45, 2.75) is 13.0 Å². The zero-order valence-electron chi connectivity index (χ0n) is 18.5. The number of methoxy groups -OCH3 is 1. The molecule has 0 unspecified atom stereocenters. The van der Waals surface area contributed by atoms with Crippen molar-refractivity contribution in [3.8, 4) is 11.5 Å². The van der Waals surface area contributed by atoms with E-state index in [1.807, 2.05) is 65.3 Å². The van der Waals surface area contributed by atoms with Crippen molar-refractivity contribution in [1.82, 2.24) is 14.4 Å². The summed E-state index contributed by atoms with van der Waals surface area (Å²) in [5.74, 6) is 0.813. The zero-order chi connectivity index (χ0) is 23.3. The van der Waals surface area contributed by atoms with Crippen LogP contribution in [0.2, 0.25) is 0 Å². The Labute approximate surface area is 200 Å². The molecule has 0 bridgehead atoms. The Morgan fingerprint density at radius 2 is 1.88 bits per heavy atom. The van der Waals surface area contributed by atoms with Gasteiger partial charge in [0.1, 0.15) is 17.9 Å². The molecule has 8 heteroatoms. The first kappa shape index (κ1) is 21.7. The molecule has 7 nitrogen and oxygen atoms in total. The number of aromatic nitrogens is 3. The number of hydrogen-bond acceptors (Lipinski definition) is 6. The van der Waals surface area contributed by atoms with Gasteiger partial charge in [-0.25, -0.2) is 9.97 Å². The molecule has 0 saturated carbocycles. The maximum absolute atomic E-state index is 12.8. The molecule has 34 heavy (non-hydrogen) atoms. The lowest BCUT2D eigenvalue weighted by molar-refractivity contribution is 0.102. The highest BCUT2D eigenvalue weighted by molar-refractivity contribution is 7.09. The minimum Gasteiger partial charge on any atom is -0.493 e. The van der Waals surface area contributed by atoms with E-state index in [1.165, 1.54) is 11.3 Å². The number of imidazole rings is 1. The predicted molar refractivity (Wildman–Crippen MR) is 132 cm³/mol. The first-order valence-corrected chi connectivity index (χ1v) is 11.6. The van der Waals surface area contributed by atoms with Crippen LogP contribution in [0.3, 0.4) is 0 Å². The van der Waals surface area contributed by atoms with Crippen molar-refractivity contribution in [1.29, 1.82) is 0 Å². The van der Waals surface area contributed by atoms with Gasteiger partial charge in [-0.3, -0.25) is 4.79 Å². The smallest absolute Gasteiger partial charge is 0.275 e. The van der Waals surface area contributed by atoms with Crippen LogP contribution in [-0.4, -0.2) is 27.4 Å². The quantitative estimate of drug-likeness (QED) is 0.336. The second-order valence-corrected chi connectivity index (χ2v) is 8.54. The molecule has 1 amide bonds. The lowest BCUT2D eigenvalue weighted by atomic mass is 10.2. The van der Waals surface area contributed by atoms with E-state index in [-0.39, 0.29) is 12.5 Å². The summed E-state index contributed by atoms with van der Waals surface area (Å²) < 4.78 is 13.3. The van der Waals surface area contributed by atoms with Crippen LogP contribution in [0.25, 0.3) is 5.65 Å². The molecule has 2 aromatic carbocycles. The first-order chi connectivity index (χ1) is 16.7. The Morgan fingerprint density at radius 3 is 2.71 bits per heavy atom. The predicted octanol–water partition coefficient (Wildman–Crippen LogP) is 5.22. The molecule has 170 valence electrons. The molecular formula is C26H22N4O3S. The second-order valence-electron chi connectivity index (χ2n) is 7.60. The van der Waals surface area contributed by atoms with Gasteiger partial charge in [0.05, 0.1) is 17.8 Å². The molecule has 3 aromatic heterocycles. The zero-order valence-corrected chi connectivity index (χ0v) is 19.3. The molecule has 5 aromatic rings. The summed E-state index contributed by atoms with van der Waals surface area (Å²) in [5, 5.41) is 5.56. The van der Waals surface area contributed by atoms with E-state index < -0.39 is 0 Å².